The summed E-state index contributed by atoms with van der Waals surface area (Å²) in [6, 6.07) is 11.6. The lowest BCUT2D eigenvalue weighted by molar-refractivity contribution is -0.122. The van der Waals surface area contributed by atoms with E-state index in [2.05, 4.69) is 5.32 Å². The second-order valence-electron chi connectivity index (χ2n) is 4.33. The molecule has 0 aliphatic heterocycles. The van der Waals surface area contributed by atoms with Crippen molar-refractivity contribution in [2.75, 3.05) is 5.32 Å². The lowest BCUT2D eigenvalue weighted by Gasteiger charge is -2.15. The fraction of sp³-hybridized carbons (Fsp3) is 0.133. The molecular formula is C15H12Cl3NO2. The summed E-state index contributed by atoms with van der Waals surface area (Å²) in [6.07, 6.45) is -0.709. The van der Waals surface area contributed by atoms with Gasteiger partial charge in [-0.05, 0) is 49.4 Å². The van der Waals surface area contributed by atoms with Gasteiger partial charge in [-0.25, -0.2) is 0 Å². The van der Waals surface area contributed by atoms with Crippen molar-refractivity contribution in [1.29, 1.82) is 0 Å². The molecule has 0 aliphatic carbocycles. The number of amides is 1. The molecule has 2 rings (SSSR count). The Balaban J connectivity index is 2.00. The summed E-state index contributed by atoms with van der Waals surface area (Å²) in [5.74, 6) is 0.114. The van der Waals surface area contributed by atoms with E-state index in [4.69, 9.17) is 39.5 Å². The zero-order chi connectivity index (χ0) is 15.4. The van der Waals surface area contributed by atoms with Crippen LogP contribution in [0.2, 0.25) is 15.1 Å². The van der Waals surface area contributed by atoms with Gasteiger partial charge in [0, 0.05) is 15.7 Å². The average molecular weight is 345 g/mol. The number of rotatable bonds is 4. The van der Waals surface area contributed by atoms with E-state index in [9.17, 15) is 4.79 Å². The standard InChI is InChI=1S/C15H12Cl3NO2/c1-9(21-14-7-4-11(17)8-13(14)18)15(20)19-12-5-2-10(16)3-6-12/h2-9H,1H3,(H,19,20)/t9-/m1/s1. The second kappa shape index (κ2) is 7.03. The molecule has 1 amide bonds. The first-order chi connectivity index (χ1) is 9.95. The maximum atomic E-state index is 12.0. The second-order valence-corrected chi connectivity index (χ2v) is 5.61. The molecule has 0 bridgehead atoms. The van der Waals surface area contributed by atoms with Crippen LogP contribution in [-0.2, 0) is 4.79 Å². The number of anilines is 1. The van der Waals surface area contributed by atoms with Gasteiger partial charge in [0.15, 0.2) is 6.10 Å². The largest absolute Gasteiger partial charge is 0.479 e. The minimum absolute atomic E-state index is 0.289. The number of halogens is 3. The van der Waals surface area contributed by atoms with Crippen molar-refractivity contribution in [2.24, 2.45) is 0 Å². The molecule has 110 valence electrons. The molecule has 0 spiro atoms. The highest BCUT2D eigenvalue weighted by molar-refractivity contribution is 6.35. The maximum absolute atomic E-state index is 12.0. The van der Waals surface area contributed by atoms with Crippen molar-refractivity contribution in [2.45, 2.75) is 13.0 Å². The Kier molecular flexibility index (Phi) is 5.34. The van der Waals surface area contributed by atoms with Crippen molar-refractivity contribution < 1.29 is 9.53 Å². The van der Waals surface area contributed by atoms with E-state index >= 15 is 0 Å². The summed E-state index contributed by atoms with van der Waals surface area (Å²) in [5.41, 5.74) is 0.641. The summed E-state index contributed by atoms with van der Waals surface area (Å²) in [5, 5.41) is 4.19. The van der Waals surface area contributed by atoms with E-state index in [1.54, 1.807) is 49.4 Å². The van der Waals surface area contributed by atoms with Gasteiger partial charge >= 0.3 is 0 Å². The Morgan fingerprint density at radius 2 is 1.67 bits per heavy atom. The van der Waals surface area contributed by atoms with Crippen molar-refractivity contribution in [3.8, 4) is 5.75 Å². The number of hydrogen-bond donors (Lipinski definition) is 1. The number of carbonyl (C=O) groups is 1. The van der Waals surface area contributed by atoms with Gasteiger partial charge < -0.3 is 10.1 Å². The number of hydrogen-bond acceptors (Lipinski definition) is 2. The number of carbonyl (C=O) groups excluding carboxylic acids is 1. The van der Waals surface area contributed by atoms with E-state index in [0.29, 0.717) is 26.5 Å². The van der Waals surface area contributed by atoms with Crippen LogP contribution in [0.25, 0.3) is 0 Å². The van der Waals surface area contributed by atoms with Crippen molar-refractivity contribution >= 4 is 46.4 Å². The zero-order valence-electron chi connectivity index (χ0n) is 11.1. The molecular weight excluding hydrogens is 333 g/mol. The van der Waals surface area contributed by atoms with E-state index in [-0.39, 0.29) is 5.91 Å². The van der Waals surface area contributed by atoms with Crippen LogP contribution in [0.5, 0.6) is 5.75 Å². The summed E-state index contributed by atoms with van der Waals surface area (Å²) in [7, 11) is 0. The SMILES string of the molecule is C[C@@H](Oc1ccc(Cl)cc1Cl)C(=O)Nc1ccc(Cl)cc1. The van der Waals surface area contributed by atoms with Crippen LogP contribution >= 0.6 is 34.8 Å². The van der Waals surface area contributed by atoms with Crippen LogP contribution in [0, 0.1) is 0 Å². The predicted molar refractivity (Wildman–Crippen MR) is 86.6 cm³/mol. The third-order valence-corrected chi connectivity index (χ3v) is 3.46. The molecule has 2 aromatic carbocycles. The molecule has 6 heteroatoms. The Morgan fingerprint density at radius 1 is 1.05 bits per heavy atom. The minimum atomic E-state index is -0.709. The van der Waals surface area contributed by atoms with E-state index < -0.39 is 6.10 Å². The van der Waals surface area contributed by atoms with Gasteiger partial charge in [0.25, 0.3) is 5.91 Å². The minimum Gasteiger partial charge on any atom is -0.479 e. The highest BCUT2D eigenvalue weighted by Crippen LogP contribution is 2.28. The Bertz CT molecular complexity index is 644. The quantitative estimate of drug-likeness (QED) is 0.842. The highest BCUT2D eigenvalue weighted by Gasteiger charge is 2.16. The lowest BCUT2D eigenvalue weighted by atomic mass is 10.3. The van der Waals surface area contributed by atoms with Gasteiger partial charge in [-0.15, -0.1) is 0 Å². The highest BCUT2D eigenvalue weighted by atomic mass is 35.5. The molecule has 1 atom stereocenters. The third kappa shape index (κ3) is 4.53. The van der Waals surface area contributed by atoms with E-state index in [0.717, 1.165) is 0 Å². The molecule has 0 saturated heterocycles. The van der Waals surface area contributed by atoms with Gasteiger partial charge in [0.05, 0.1) is 5.02 Å². The first-order valence-corrected chi connectivity index (χ1v) is 7.27. The van der Waals surface area contributed by atoms with Crippen LogP contribution in [0.1, 0.15) is 6.92 Å². The summed E-state index contributed by atoms with van der Waals surface area (Å²) in [6.45, 7) is 1.64. The van der Waals surface area contributed by atoms with Crippen LogP contribution < -0.4 is 10.1 Å². The Hall–Kier alpha value is -1.42. The van der Waals surface area contributed by atoms with Gasteiger partial charge in [-0.2, -0.15) is 0 Å². The van der Waals surface area contributed by atoms with Crippen molar-refractivity contribution in [3.63, 3.8) is 0 Å². The number of ether oxygens (including phenoxy) is 1. The fourth-order valence-corrected chi connectivity index (χ4v) is 2.17. The van der Waals surface area contributed by atoms with Crippen LogP contribution in [-0.4, -0.2) is 12.0 Å². The zero-order valence-corrected chi connectivity index (χ0v) is 13.3. The molecule has 0 unspecified atom stereocenters. The van der Waals surface area contributed by atoms with Crippen molar-refractivity contribution in [3.05, 3.63) is 57.5 Å². The number of nitrogens with one attached hydrogen (secondary N) is 1. The molecule has 1 N–H and O–H groups in total. The molecule has 3 nitrogen and oxygen atoms in total. The predicted octanol–water partition coefficient (Wildman–Crippen LogP) is 5.05. The summed E-state index contributed by atoms with van der Waals surface area (Å²) < 4.78 is 5.53. The summed E-state index contributed by atoms with van der Waals surface area (Å²) >= 11 is 17.6. The third-order valence-electron chi connectivity index (χ3n) is 2.68. The van der Waals surface area contributed by atoms with Gasteiger partial charge in [-0.1, -0.05) is 34.8 Å². The van der Waals surface area contributed by atoms with Gasteiger partial charge in [-0.3, -0.25) is 4.79 Å². The number of benzene rings is 2. The maximum Gasteiger partial charge on any atom is 0.265 e. The van der Waals surface area contributed by atoms with Crippen molar-refractivity contribution in [1.82, 2.24) is 0 Å². The topological polar surface area (TPSA) is 38.3 Å². The lowest BCUT2D eigenvalue weighted by Crippen LogP contribution is -2.30. The molecule has 0 aromatic heterocycles. The Labute approximate surface area is 137 Å². The smallest absolute Gasteiger partial charge is 0.265 e. The van der Waals surface area contributed by atoms with E-state index in [1.807, 2.05) is 0 Å². The molecule has 0 radical (unpaired) electrons. The first kappa shape index (κ1) is 16.0. The monoisotopic (exact) mass is 343 g/mol. The fourth-order valence-electron chi connectivity index (χ4n) is 1.59. The van der Waals surface area contributed by atoms with Crippen LogP contribution in [0.3, 0.4) is 0 Å². The Morgan fingerprint density at radius 3 is 2.29 bits per heavy atom. The normalized spacial score (nSPS) is 11.8. The molecule has 21 heavy (non-hydrogen) atoms. The van der Waals surface area contributed by atoms with Crippen LogP contribution in [0.4, 0.5) is 5.69 Å². The average Bonchev–Trinajstić information content (AvgIpc) is 2.44. The molecule has 0 heterocycles. The molecule has 0 saturated carbocycles. The van der Waals surface area contributed by atoms with Gasteiger partial charge in [0.2, 0.25) is 0 Å². The molecule has 0 aliphatic rings. The van der Waals surface area contributed by atoms with Crippen LogP contribution in [0.15, 0.2) is 42.5 Å². The first-order valence-electron chi connectivity index (χ1n) is 6.14. The summed E-state index contributed by atoms with van der Waals surface area (Å²) in [4.78, 5) is 12.0. The van der Waals surface area contributed by atoms with Gasteiger partial charge in [0.1, 0.15) is 5.75 Å². The molecule has 0 fully saturated rings. The van der Waals surface area contributed by atoms with E-state index in [1.165, 1.54) is 0 Å². The molecule has 2 aromatic rings.